The summed E-state index contributed by atoms with van der Waals surface area (Å²) >= 11 is 1.64. The minimum absolute atomic E-state index is 0.242. The number of hydrogen-bond donors (Lipinski definition) is 1. The third-order valence-electron chi connectivity index (χ3n) is 5.84. The van der Waals surface area contributed by atoms with Gasteiger partial charge in [0.15, 0.2) is 6.10 Å². The van der Waals surface area contributed by atoms with Gasteiger partial charge >= 0.3 is 0 Å². The highest BCUT2D eigenvalue weighted by Crippen LogP contribution is 2.39. The van der Waals surface area contributed by atoms with Crippen molar-refractivity contribution in [3.63, 3.8) is 0 Å². The predicted octanol–water partition coefficient (Wildman–Crippen LogP) is 5.52. The predicted molar refractivity (Wildman–Crippen MR) is 133 cm³/mol. The molecular formula is C26H29N3O3S. The number of hydrogen-bond acceptors (Lipinski definition) is 5. The summed E-state index contributed by atoms with van der Waals surface area (Å²) in [6.45, 7) is 9.51. The summed E-state index contributed by atoms with van der Waals surface area (Å²) in [7, 11) is 0. The fraction of sp³-hybridized carbons (Fsp3) is 0.346. The van der Waals surface area contributed by atoms with Crippen molar-refractivity contribution in [2.75, 3.05) is 10.2 Å². The van der Waals surface area contributed by atoms with Gasteiger partial charge in [-0.15, -0.1) is 11.3 Å². The lowest BCUT2D eigenvalue weighted by atomic mass is 10.1. The van der Waals surface area contributed by atoms with Gasteiger partial charge in [-0.05, 0) is 75.9 Å². The third kappa shape index (κ3) is 4.64. The van der Waals surface area contributed by atoms with E-state index >= 15 is 0 Å². The molecular weight excluding hydrogens is 434 g/mol. The van der Waals surface area contributed by atoms with E-state index in [0.717, 1.165) is 45.9 Å². The molecule has 1 aromatic heterocycles. The second-order valence-corrected chi connectivity index (χ2v) is 9.45. The van der Waals surface area contributed by atoms with Crippen LogP contribution in [0.5, 0.6) is 5.75 Å². The minimum Gasteiger partial charge on any atom is -0.479 e. The molecule has 2 aromatic carbocycles. The van der Waals surface area contributed by atoms with E-state index in [0.29, 0.717) is 11.4 Å². The standard InChI is InChI=1S/C26H29N3O3S/c1-6-7-24-27-21(14-33-24)19-10-11-23-22(13-19)29(26(31)18(5)32-23)17(4)25(30)28-20-12-15(2)8-9-16(20)3/h8-14,17-18H,6-7H2,1-5H3,(H,28,30). The maximum atomic E-state index is 13.2. The summed E-state index contributed by atoms with van der Waals surface area (Å²) in [5.41, 5.74) is 5.12. The Morgan fingerprint density at radius 3 is 2.79 bits per heavy atom. The molecule has 0 saturated heterocycles. The molecule has 172 valence electrons. The van der Waals surface area contributed by atoms with Crippen LogP contribution in [-0.2, 0) is 16.0 Å². The van der Waals surface area contributed by atoms with Crippen molar-refractivity contribution in [3.05, 3.63) is 57.9 Å². The van der Waals surface area contributed by atoms with Gasteiger partial charge in [0.25, 0.3) is 5.91 Å². The molecule has 0 bridgehead atoms. The normalized spacial score (nSPS) is 16.2. The molecule has 0 spiro atoms. The molecule has 2 heterocycles. The Balaban J connectivity index is 1.67. The van der Waals surface area contributed by atoms with E-state index in [1.54, 1.807) is 30.1 Å². The van der Waals surface area contributed by atoms with Crippen molar-refractivity contribution in [2.24, 2.45) is 0 Å². The summed E-state index contributed by atoms with van der Waals surface area (Å²) < 4.78 is 5.85. The van der Waals surface area contributed by atoms with Crippen molar-refractivity contribution >= 4 is 34.5 Å². The molecule has 1 aliphatic heterocycles. The van der Waals surface area contributed by atoms with Crippen LogP contribution in [0.25, 0.3) is 11.3 Å². The Morgan fingerprint density at radius 2 is 2.03 bits per heavy atom. The van der Waals surface area contributed by atoms with Crippen LogP contribution in [0.4, 0.5) is 11.4 Å². The molecule has 1 N–H and O–H groups in total. The number of aryl methyl sites for hydroxylation is 3. The lowest BCUT2D eigenvalue weighted by Crippen LogP contribution is -2.52. The molecule has 6 nitrogen and oxygen atoms in total. The first-order valence-electron chi connectivity index (χ1n) is 11.2. The van der Waals surface area contributed by atoms with Gasteiger partial charge in [0.1, 0.15) is 11.8 Å². The second kappa shape index (κ2) is 9.35. The zero-order valence-corrected chi connectivity index (χ0v) is 20.5. The number of fused-ring (bicyclic) bond motifs is 1. The quantitative estimate of drug-likeness (QED) is 0.522. The zero-order chi connectivity index (χ0) is 23.7. The van der Waals surface area contributed by atoms with Gasteiger partial charge in [-0.1, -0.05) is 19.1 Å². The number of nitrogens with one attached hydrogen (secondary N) is 1. The van der Waals surface area contributed by atoms with Crippen molar-refractivity contribution in [3.8, 4) is 17.0 Å². The van der Waals surface area contributed by atoms with Gasteiger partial charge in [0.2, 0.25) is 5.91 Å². The highest BCUT2D eigenvalue weighted by molar-refractivity contribution is 7.09. The SMILES string of the molecule is CCCc1nc(-c2ccc3c(c2)N(C(C)C(=O)Nc2cc(C)ccc2C)C(=O)C(C)O3)cs1. The molecule has 3 aromatic rings. The van der Waals surface area contributed by atoms with Gasteiger partial charge in [0, 0.05) is 16.6 Å². The topological polar surface area (TPSA) is 71.5 Å². The number of aromatic nitrogens is 1. The summed E-state index contributed by atoms with van der Waals surface area (Å²) in [4.78, 5) is 32.6. The molecule has 0 aliphatic carbocycles. The molecule has 0 fully saturated rings. The van der Waals surface area contributed by atoms with Crippen LogP contribution < -0.4 is 15.0 Å². The zero-order valence-electron chi connectivity index (χ0n) is 19.6. The first-order chi connectivity index (χ1) is 15.8. The van der Waals surface area contributed by atoms with Crippen molar-refractivity contribution in [2.45, 2.75) is 59.6 Å². The largest absolute Gasteiger partial charge is 0.479 e. The Labute approximate surface area is 198 Å². The first kappa shape index (κ1) is 23.0. The molecule has 0 radical (unpaired) electrons. The maximum Gasteiger partial charge on any atom is 0.268 e. The summed E-state index contributed by atoms with van der Waals surface area (Å²) in [5, 5.41) is 6.11. The van der Waals surface area contributed by atoms with Crippen LogP contribution in [0.1, 0.15) is 43.3 Å². The van der Waals surface area contributed by atoms with E-state index in [2.05, 4.69) is 12.2 Å². The van der Waals surface area contributed by atoms with Gasteiger partial charge in [-0.25, -0.2) is 4.98 Å². The number of nitrogens with zero attached hydrogens (tertiary/aromatic N) is 2. The summed E-state index contributed by atoms with van der Waals surface area (Å²) in [6.07, 6.45) is 1.31. The average Bonchev–Trinajstić information content (AvgIpc) is 3.25. The number of rotatable bonds is 6. The first-order valence-corrected chi connectivity index (χ1v) is 12.1. The number of carbonyl (C=O) groups excluding carboxylic acids is 2. The molecule has 2 amide bonds. The van der Waals surface area contributed by atoms with Gasteiger partial charge in [-0.3, -0.25) is 14.5 Å². The van der Waals surface area contributed by atoms with Crippen LogP contribution in [0.2, 0.25) is 0 Å². The highest BCUT2D eigenvalue weighted by atomic mass is 32.1. The van der Waals surface area contributed by atoms with E-state index in [4.69, 9.17) is 9.72 Å². The van der Waals surface area contributed by atoms with Crippen molar-refractivity contribution in [1.29, 1.82) is 0 Å². The number of ether oxygens (including phenoxy) is 1. The van der Waals surface area contributed by atoms with Crippen LogP contribution in [-0.4, -0.2) is 28.9 Å². The number of anilines is 2. The van der Waals surface area contributed by atoms with E-state index < -0.39 is 12.1 Å². The number of thiazole rings is 1. The number of benzene rings is 2. The summed E-state index contributed by atoms with van der Waals surface area (Å²) in [5.74, 6) is 0.0934. The van der Waals surface area contributed by atoms with E-state index in [1.807, 2.05) is 55.6 Å². The monoisotopic (exact) mass is 463 g/mol. The van der Waals surface area contributed by atoms with Crippen LogP contribution in [0.3, 0.4) is 0 Å². The molecule has 33 heavy (non-hydrogen) atoms. The van der Waals surface area contributed by atoms with E-state index in [9.17, 15) is 9.59 Å². The number of amides is 2. The maximum absolute atomic E-state index is 13.2. The van der Waals surface area contributed by atoms with Crippen molar-refractivity contribution in [1.82, 2.24) is 4.98 Å². The Hall–Kier alpha value is -3.19. The van der Waals surface area contributed by atoms with Crippen LogP contribution >= 0.6 is 11.3 Å². The van der Waals surface area contributed by atoms with Gasteiger partial charge in [0.05, 0.1) is 16.4 Å². The number of carbonyl (C=O) groups is 2. The highest BCUT2D eigenvalue weighted by Gasteiger charge is 2.37. The lowest BCUT2D eigenvalue weighted by molar-refractivity contribution is -0.128. The molecule has 2 atom stereocenters. The molecule has 0 saturated carbocycles. The molecule has 7 heteroatoms. The minimum atomic E-state index is -0.719. The van der Waals surface area contributed by atoms with Crippen LogP contribution in [0, 0.1) is 13.8 Å². The Morgan fingerprint density at radius 1 is 1.24 bits per heavy atom. The Kier molecular flexibility index (Phi) is 6.51. The fourth-order valence-corrected chi connectivity index (χ4v) is 4.83. The van der Waals surface area contributed by atoms with E-state index in [-0.39, 0.29) is 11.8 Å². The average molecular weight is 464 g/mol. The molecule has 4 rings (SSSR count). The summed E-state index contributed by atoms with van der Waals surface area (Å²) in [6, 6.07) is 10.9. The molecule has 2 unspecified atom stereocenters. The second-order valence-electron chi connectivity index (χ2n) is 8.51. The third-order valence-corrected chi connectivity index (χ3v) is 6.75. The van der Waals surface area contributed by atoms with E-state index in [1.165, 1.54) is 0 Å². The smallest absolute Gasteiger partial charge is 0.268 e. The Bertz CT molecular complexity index is 1200. The van der Waals surface area contributed by atoms with Crippen molar-refractivity contribution < 1.29 is 14.3 Å². The van der Waals surface area contributed by atoms with Gasteiger partial charge in [-0.2, -0.15) is 0 Å². The fourth-order valence-electron chi connectivity index (χ4n) is 3.92. The van der Waals surface area contributed by atoms with Gasteiger partial charge < -0.3 is 10.1 Å². The lowest BCUT2D eigenvalue weighted by Gasteiger charge is -2.36. The molecule has 1 aliphatic rings. The van der Waals surface area contributed by atoms with Crippen LogP contribution in [0.15, 0.2) is 41.8 Å².